The first kappa shape index (κ1) is 8.21. The first-order chi connectivity index (χ1) is 5.16. The summed E-state index contributed by atoms with van der Waals surface area (Å²) < 4.78 is 0. The Labute approximate surface area is 68.8 Å². The Hall–Kier alpha value is -0.890. The van der Waals surface area contributed by atoms with Crippen LogP contribution in [0.4, 0.5) is 0 Å². The van der Waals surface area contributed by atoms with Crippen molar-refractivity contribution in [2.75, 3.05) is 5.75 Å². The van der Waals surface area contributed by atoms with Crippen molar-refractivity contribution in [3.8, 4) is 6.19 Å². The van der Waals surface area contributed by atoms with Crippen molar-refractivity contribution in [2.24, 2.45) is 0 Å². The fourth-order valence-electron chi connectivity index (χ4n) is 0.986. The maximum Gasteiger partial charge on any atom is 0.328 e. The molecule has 11 heavy (non-hydrogen) atoms. The van der Waals surface area contributed by atoms with Crippen molar-refractivity contribution >= 4 is 17.7 Å². The molecule has 5 heteroatoms. The van der Waals surface area contributed by atoms with Gasteiger partial charge in [-0.15, -0.1) is 11.8 Å². The van der Waals surface area contributed by atoms with Crippen molar-refractivity contribution in [3.63, 3.8) is 0 Å². The van der Waals surface area contributed by atoms with Crippen LogP contribution in [0.15, 0.2) is 0 Å². The number of hydrogen-bond acceptors (Lipinski definition) is 4. The third-order valence-corrected chi connectivity index (χ3v) is 2.84. The SMILES string of the molecule is CC1SCC(C(=O)O)N1C#N. The summed E-state index contributed by atoms with van der Waals surface area (Å²) in [5.41, 5.74) is 0. The highest BCUT2D eigenvalue weighted by Crippen LogP contribution is 2.27. The summed E-state index contributed by atoms with van der Waals surface area (Å²) in [5.74, 6) is -0.409. The number of carboxylic acids is 1. The largest absolute Gasteiger partial charge is 0.480 e. The number of carbonyl (C=O) groups is 1. The first-order valence-corrected chi connectivity index (χ1v) is 4.24. The van der Waals surface area contributed by atoms with E-state index in [1.54, 1.807) is 0 Å². The average molecular weight is 172 g/mol. The van der Waals surface area contributed by atoms with Gasteiger partial charge in [-0.25, -0.2) is 4.79 Å². The highest BCUT2D eigenvalue weighted by Gasteiger charge is 2.35. The summed E-state index contributed by atoms with van der Waals surface area (Å²) >= 11 is 1.49. The molecule has 1 aliphatic rings. The zero-order chi connectivity index (χ0) is 8.43. The van der Waals surface area contributed by atoms with Crippen molar-refractivity contribution in [3.05, 3.63) is 0 Å². The zero-order valence-corrected chi connectivity index (χ0v) is 6.84. The van der Waals surface area contributed by atoms with Crippen LogP contribution < -0.4 is 0 Å². The highest BCUT2D eigenvalue weighted by molar-refractivity contribution is 8.00. The fraction of sp³-hybridized carbons (Fsp3) is 0.667. The topological polar surface area (TPSA) is 64.3 Å². The maximum atomic E-state index is 10.5. The van der Waals surface area contributed by atoms with E-state index in [1.165, 1.54) is 16.7 Å². The Bertz CT molecular complexity index is 213. The van der Waals surface area contributed by atoms with Crippen molar-refractivity contribution in [2.45, 2.75) is 18.3 Å². The van der Waals surface area contributed by atoms with Crippen LogP contribution >= 0.6 is 11.8 Å². The Morgan fingerprint density at radius 2 is 2.55 bits per heavy atom. The number of rotatable bonds is 1. The quantitative estimate of drug-likeness (QED) is 0.577. The Kier molecular flexibility index (Phi) is 2.25. The van der Waals surface area contributed by atoms with E-state index in [0.717, 1.165) is 0 Å². The summed E-state index contributed by atoms with van der Waals surface area (Å²) in [6.07, 6.45) is 1.88. The molecule has 0 bridgehead atoms. The third-order valence-electron chi connectivity index (χ3n) is 1.62. The number of nitrogens with zero attached hydrogens (tertiary/aromatic N) is 2. The van der Waals surface area contributed by atoms with Crippen LogP contribution in [0.5, 0.6) is 0 Å². The van der Waals surface area contributed by atoms with E-state index in [2.05, 4.69) is 0 Å². The van der Waals surface area contributed by atoms with E-state index in [4.69, 9.17) is 10.4 Å². The van der Waals surface area contributed by atoms with E-state index < -0.39 is 12.0 Å². The van der Waals surface area contributed by atoms with E-state index in [1.807, 2.05) is 13.1 Å². The molecule has 1 rings (SSSR count). The second-order valence-corrected chi connectivity index (χ2v) is 3.64. The summed E-state index contributed by atoms with van der Waals surface area (Å²) in [6.45, 7) is 1.83. The molecule has 0 aromatic carbocycles. The fourth-order valence-corrected chi connectivity index (χ4v) is 2.10. The van der Waals surface area contributed by atoms with Gasteiger partial charge >= 0.3 is 5.97 Å². The van der Waals surface area contributed by atoms with Gasteiger partial charge in [0.1, 0.15) is 6.04 Å². The van der Waals surface area contributed by atoms with Gasteiger partial charge in [-0.2, -0.15) is 5.26 Å². The molecule has 1 N–H and O–H groups in total. The van der Waals surface area contributed by atoms with Crippen LogP contribution in [-0.2, 0) is 4.79 Å². The number of carboxylic acid groups (broad SMARTS) is 1. The molecule has 0 saturated carbocycles. The van der Waals surface area contributed by atoms with Gasteiger partial charge in [0.25, 0.3) is 0 Å². The van der Waals surface area contributed by atoms with Crippen LogP contribution in [0, 0.1) is 11.5 Å². The standard InChI is InChI=1S/C6H8N2O2S/c1-4-8(3-7)5(2-11-4)6(9)10/h4-5H,2H2,1H3,(H,9,10). The van der Waals surface area contributed by atoms with Crippen LogP contribution in [0.3, 0.4) is 0 Å². The van der Waals surface area contributed by atoms with Crippen LogP contribution in [0.1, 0.15) is 6.92 Å². The molecule has 2 atom stereocenters. The zero-order valence-electron chi connectivity index (χ0n) is 6.02. The lowest BCUT2D eigenvalue weighted by atomic mass is 10.3. The minimum Gasteiger partial charge on any atom is -0.480 e. The molecule has 60 valence electrons. The van der Waals surface area contributed by atoms with Gasteiger partial charge in [0, 0.05) is 5.75 Å². The normalized spacial score (nSPS) is 30.0. The molecule has 0 aromatic rings. The molecule has 1 saturated heterocycles. The predicted molar refractivity (Wildman–Crippen MR) is 40.8 cm³/mol. The van der Waals surface area contributed by atoms with E-state index in [-0.39, 0.29) is 5.37 Å². The van der Waals surface area contributed by atoms with Gasteiger partial charge < -0.3 is 5.11 Å². The molecule has 0 radical (unpaired) electrons. The number of hydrogen-bond donors (Lipinski definition) is 1. The molecule has 1 heterocycles. The molecule has 0 aromatic heterocycles. The van der Waals surface area contributed by atoms with Gasteiger partial charge in [-0.05, 0) is 6.92 Å². The minimum absolute atomic E-state index is 0.00102. The molecule has 0 aliphatic carbocycles. The molecule has 1 aliphatic heterocycles. The number of aliphatic carboxylic acids is 1. The Morgan fingerprint density at radius 1 is 1.91 bits per heavy atom. The molecule has 0 spiro atoms. The molecule has 0 amide bonds. The molecular weight excluding hydrogens is 164 g/mol. The van der Waals surface area contributed by atoms with Crippen LogP contribution in [-0.4, -0.2) is 33.1 Å². The van der Waals surface area contributed by atoms with Gasteiger partial charge in [0.05, 0.1) is 5.37 Å². The van der Waals surface area contributed by atoms with Crippen molar-refractivity contribution in [1.82, 2.24) is 4.90 Å². The van der Waals surface area contributed by atoms with Gasteiger partial charge in [-0.1, -0.05) is 0 Å². The lowest BCUT2D eigenvalue weighted by Crippen LogP contribution is -2.36. The monoisotopic (exact) mass is 172 g/mol. The Balaban J connectivity index is 2.71. The molecule has 2 unspecified atom stereocenters. The predicted octanol–water partition coefficient (Wildman–Crippen LogP) is 0.315. The number of nitriles is 1. The van der Waals surface area contributed by atoms with E-state index in [9.17, 15) is 4.79 Å². The third kappa shape index (κ3) is 1.40. The van der Waals surface area contributed by atoms with E-state index >= 15 is 0 Å². The summed E-state index contributed by atoms with van der Waals surface area (Å²) in [7, 11) is 0. The highest BCUT2D eigenvalue weighted by atomic mass is 32.2. The first-order valence-electron chi connectivity index (χ1n) is 3.19. The Morgan fingerprint density at radius 3 is 2.91 bits per heavy atom. The van der Waals surface area contributed by atoms with Gasteiger partial charge in [-0.3, -0.25) is 4.90 Å². The van der Waals surface area contributed by atoms with E-state index in [0.29, 0.717) is 5.75 Å². The lowest BCUT2D eigenvalue weighted by Gasteiger charge is -2.16. The summed E-state index contributed by atoms with van der Waals surface area (Å²) in [4.78, 5) is 11.8. The van der Waals surface area contributed by atoms with Crippen LogP contribution in [0.25, 0.3) is 0 Å². The average Bonchev–Trinajstić information content (AvgIpc) is 2.30. The summed E-state index contributed by atoms with van der Waals surface area (Å²) in [6, 6.07) is -0.625. The van der Waals surface area contributed by atoms with Crippen molar-refractivity contribution in [1.29, 1.82) is 5.26 Å². The minimum atomic E-state index is -0.914. The molecule has 4 nitrogen and oxygen atoms in total. The lowest BCUT2D eigenvalue weighted by molar-refractivity contribution is -0.141. The second kappa shape index (κ2) is 3.01. The smallest absolute Gasteiger partial charge is 0.328 e. The summed E-state index contributed by atoms with van der Waals surface area (Å²) in [5, 5.41) is 17.2. The maximum absolute atomic E-state index is 10.5. The second-order valence-electron chi connectivity index (χ2n) is 2.29. The molecule has 1 fully saturated rings. The number of thioether (sulfide) groups is 1. The van der Waals surface area contributed by atoms with Gasteiger partial charge in [0.15, 0.2) is 6.19 Å². The molecular formula is C6H8N2O2S. The van der Waals surface area contributed by atoms with Crippen LogP contribution in [0.2, 0.25) is 0 Å². The van der Waals surface area contributed by atoms with Crippen molar-refractivity contribution < 1.29 is 9.90 Å². The van der Waals surface area contributed by atoms with Gasteiger partial charge in [0.2, 0.25) is 0 Å².